The molecular formula is C27H39N5O4. The van der Waals surface area contributed by atoms with Gasteiger partial charge in [-0.05, 0) is 87.6 Å². The molecule has 0 radical (unpaired) electrons. The summed E-state index contributed by atoms with van der Waals surface area (Å²) in [5, 5.41) is 2.37. The van der Waals surface area contributed by atoms with Crippen LogP contribution in [-0.2, 0) is 21.4 Å². The van der Waals surface area contributed by atoms with E-state index in [2.05, 4.69) is 22.3 Å². The monoisotopic (exact) mass is 497 g/mol. The molecule has 196 valence electrons. The van der Waals surface area contributed by atoms with Crippen LogP contribution < -0.4 is 16.7 Å². The first-order chi connectivity index (χ1) is 17.4. The van der Waals surface area contributed by atoms with Crippen LogP contribution in [0.5, 0.6) is 0 Å². The second-order valence-corrected chi connectivity index (χ2v) is 10.8. The van der Waals surface area contributed by atoms with E-state index in [1.807, 2.05) is 6.07 Å². The maximum Gasteiger partial charge on any atom is 0.329 e. The van der Waals surface area contributed by atoms with E-state index in [9.17, 15) is 14.4 Å². The zero-order valence-electron chi connectivity index (χ0n) is 21.3. The third-order valence-corrected chi connectivity index (χ3v) is 8.48. The Morgan fingerprint density at radius 1 is 1.00 bits per heavy atom. The Balaban J connectivity index is 1.21. The molecule has 36 heavy (non-hydrogen) atoms. The highest BCUT2D eigenvalue weighted by molar-refractivity contribution is 6.00. The van der Waals surface area contributed by atoms with Crippen molar-refractivity contribution in [2.45, 2.75) is 69.4 Å². The minimum absolute atomic E-state index is 0.213. The van der Waals surface area contributed by atoms with E-state index in [0.717, 1.165) is 55.7 Å². The molecule has 3 fully saturated rings. The van der Waals surface area contributed by atoms with Crippen LogP contribution >= 0.6 is 0 Å². The largest absolute Gasteiger partial charge is 0.377 e. The number of nitrogens with two attached hydrogens (primary N) is 1. The molecule has 5 rings (SSSR count). The van der Waals surface area contributed by atoms with Crippen LogP contribution in [0.15, 0.2) is 23.0 Å². The number of rotatable bonds is 7. The Bertz CT molecular complexity index is 1150. The smallest absolute Gasteiger partial charge is 0.329 e. The minimum atomic E-state index is -0.643. The highest BCUT2D eigenvalue weighted by atomic mass is 16.5. The lowest BCUT2D eigenvalue weighted by molar-refractivity contribution is -0.135. The van der Waals surface area contributed by atoms with Crippen LogP contribution in [0.1, 0.15) is 68.9 Å². The number of imide groups is 1. The summed E-state index contributed by atoms with van der Waals surface area (Å²) in [7, 11) is 1.76. The van der Waals surface area contributed by atoms with Crippen LogP contribution in [0.25, 0.3) is 11.0 Å². The van der Waals surface area contributed by atoms with E-state index in [4.69, 9.17) is 10.5 Å². The summed E-state index contributed by atoms with van der Waals surface area (Å²) in [6.07, 6.45) is 8.01. The molecule has 3 N–H and O–H groups in total. The molecule has 1 unspecified atom stereocenters. The molecule has 0 spiro atoms. The summed E-state index contributed by atoms with van der Waals surface area (Å²) in [6.45, 7) is 4.65. The predicted octanol–water partition coefficient (Wildman–Crippen LogP) is 2.03. The lowest BCUT2D eigenvalue weighted by Gasteiger charge is -2.36. The van der Waals surface area contributed by atoms with Crippen molar-refractivity contribution in [1.82, 2.24) is 19.4 Å². The van der Waals surface area contributed by atoms with E-state index >= 15 is 0 Å². The fourth-order valence-corrected chi connectivity index (χ4v) is 6.39. The number of nitrogens with one attached hydrogen (secondary N) is 1. The quantitative estimate of drug-likeness (QED) is 0.566. The molecule has 2 saturated heterocycles. The number of imidazole rings is 1. The fourth-order valence-electron chi connectivity index (χ4n) is 6.39. The van der Waals surface area contributed by atoms with Gasteiger partial charge in [0.25, 0.3) is 0 Å². The number of carbonyl (C=O) groups excluding carboxylic acids is 2. The molecule has 0 bridgehead atoms. The lowest BCUT2D eigenvalue weighted by Crippen LogP contribution is -2.44. The number of hydrogen-bond donors (Lipinski definition) is 2. The number of aromatic nitrogens is 2. The van der Waals surface area contributed by atoms with Crippen LogP contribution in [0, 0.1) is 5.92 Å². The molecule has 1 saturated carbocycles. The molecular weight excluding hydrogens is 458 g/mol. The third-order valence-electron chi connectivity index (χ3n) is 8.48. The zero-order valence-corrected chi connectivity index (χ0v) is 21.3. The van der Waals surface area contributed by atoms with E-state index < -0.39 is 11.9 Å². The van der Waals surface area contributed by atoms with Gasteiger partial charge in [-0.25, -0.2) is 4.79 Å². The summed E-state index contributed by atoms with van der Waals surface area (Å²) < 4.78 is 9.02. The molecule has 9 nitrogen and oxygen atoms in total. The number of amides is 2. The molecule has 3 heterocycles. The van der Waals surface area contributed by atoms with E-state index in [0.29, 0.717) is 31.6 Å². The molecule has 9 heteroatoms. The summed E-state index contributed by atoms with van der Waals surface area (Å²) in [5.41, 5.74) is 8.21. The molecule has 2 aromatic rings. The van der Waals surface area contributed by atoms with Crippen molar-refractivity contribution in [2.24, 2.45) is 18.7 Å². The summed E-state index contributed by atoms with van der Waals surface area (Å²) in [4.78, 5) is 39.7. The van der Waals surface area contributed by atoms with Crippen molar-refractivity contribution in [3.05, 3.63) is 34.2 Å². The van der Waals surface area contributed by atoms with Gasteiger partial charge in [0.1, 0.15) is 6.04 Å². The molecule has 2 amide bonds. The van der Waals surface area contributed by atoms with Crippen LogP contribution in [0.2, 0.25) is 0 Å². The van der Waals surface area contributed by atoms with Crippen molar-refractivity contribution in [3.8, 4) is 0 Å². The number of piperidine rings is 2. The van der Waals surface area contributed by atoms with Crippen LogP contribution in [-0.4, -0.2) is 64.7 Å². The normalized spacial score (nSPS) is 26.4. The van der Waals surface area contributed by atoms with Crippen molar-refractivity contribution in [3.63, 3.8) is 0 Å². The third kappa shape index (κ3) is 5.14. The zero-order chi connectivity index (χ0) is 25.2. The van der Waals surface area contributed by atoms with Crippen LogP contribution in [0.4, 0.5) is 0 Å². The first-order valence-electron chi connectivity index (χ1n) is 13.5. The second-order valence-electron chi connectivity index (χ2n) is 10.8. The maximum atomic E-state index is 13.0. The molecule has 3 aliphatic rings. The van der Waals surface area contributed by atoms with E-state index in [-0.39, 0.29) is 18.0 Å². The van der Waals surface area contributed by atoms with Gasteiger partial charge in [-0.15, -0.1) is 0 Å². The van der Waals surface area contributed by atoms with Crippen molar-refractivity contribution < 1.29 is 14.3 Å². The molecule has 1 aliphatic carbocycles. The molecule has 1 atom stereocenters. The molecule has 1 aromatic heterocycles. The Labute approximate surface area is 211 Å². The number of benzene rings is 1. The SMILES string of the molecule is Cn1c(=O)n(C2CCC(=O)NC2=O)c2ccc(C3CCN(CC4CCC(OCCN)CC4)CC3)cc21. The minimum Gasteiger partial charge on any atom is -0.377 e. The molecule has 2 aliphatic heterocycles. The average molecular weight is 498 g/mol. The predicted molar refractivity (Wildman–Crippen MR) is 138 cm³/mol. The van der Waals surface area contributed by atoms with Gasteiger partial charge in [-0.3, -0.25) is 24.0 Å². The number of likely N-dealkylation sites (tertiary alicyclic amines) is 1. The standard InChI is InChI=1S/C27H39N5O4/c1-30-24-16-20(4-7-22(24)32(27(30)35)23-8-9-25(33)29-26(23)34)19-10-13-31(14-11-19)17-18-2-5-21(6-3-18)36-15-12-28/h4,7,16,18-19,21,23H,2-3,5-6,8-15,17,28H2,1H3,(H,29,33,34). The number of hydrogen-bond acceptors (Lipinski definition) is 6. The maximum absolute atomic E-state index is 13.0. The van der Waals surface area contributed by atoms with Gasteiger partial charge in [0.2, 0.25) is 11.8 Å². The van der Waals surface area contributed by atoms with Crippen LogP contribution in [0.3, 0.4) is 0 Å². The Morgan fingerprint density at radius 3 is 2.44 bits per heavy atom. The number of nitrogens with zero attached hydrogens (tertiary/aromatic N) is 3. The second kappa shape index (κ2) is 10.9. The molecule has 1 aromatic carbocycles. The van der Waals surface area contributed by atoms with Crippen molar-refractivity contribution >= 4 is 22.8 Å². The number of aryl methyl sites for hydroxylation is 1. The summed E-state index contributed by atoms with van der Waals surface area (Å²) >= 11 is 0. The Hall–Kier alpha value is -2.49. The first kappa shape index (κ1) is 25.2. The fraction of sp³-hybridized carbons (Fsp3) is 0.667. The average Bonchev–Trinajstić information content (AvgIpc) is 3.13. The number of carbonyl (C=O) groups is 2. The van der Waals surface area contributed by atoms with Gasteiger partial charge in [0.05, 0.1) is 23.7 Å². The van der Waals surface area contributed by atoms with E-state index in [1.165, 1.54) is 24.9 Å². The van der Waals surface area contributed by atoms with Gasteiger partial charge in [0, 0.05) is 26.6 Å². The topological polar surface area (TPSA) is 112 Å². The number of fused-ring (bicyclic) bond motifs is 1. The Morgan fingerprint density at radius 2 is 1.75 bits per heavy atom. The van der Waals surface area contributed by atoms with E-state index in [1.54, 1.807) is 16.2 Å². The van der Waals surface area contributed by atoms with Crippen molar-refractivity contribution in [2.75, 3.05) is 32.8 Å². The first-order valence-corrected chi connectivity index (χ1v) is 13.5. The van der Waals surface area contributed by atoms with Gasteiger partial charge >= 0.3 is 5.69 Å². The summed E-state index contributed by atoms with van der Waals surface area (Å²) in [5.74, 6) is 0.563. The summed E-state index contributed by atoms with van der Waals surface area (Å²) in [6, 6.07) is 5.58. The number of ether oxygens (including phenoxy) is 1. The Kier molecular flexibility index (Phi) is 7.60. The van der Waals surface area contributed by atoms with Gasteiger partial charge in [-0.2, -0.15) is 0 Å². The highest BCUT2D eigenvalue weighted by Gasteiger charge is 2.32. The van der Waals surface area contributed by atoms with Crippen molar-refractivity contribution in [1.29, 1.82) is 0 Å². The highest BCUT2D eigenvalue weighted by Crippen LogP contribution is 2.33. The lowest BCUT2D eigenvalue weighted by atomic mass is 9.85. The van der Waals surface area contributed by atoms with Gasteiger partial charge in [-0.1, -0.05) is 6.07 Å². The van der Waals surface area contributed by atoms with Gasteiger partial charge in [0.15, 0.2) is 0 Å². The van der Waals surface area contributed by atoms with Gasteiger partial charge < -0.3 is 15.4 Å².